The highest BCUT2D eigenvalue weighted by molar-refractivity contribution is 4.81. The Morgan fingerprint density at radius 2 is 2.14 bits per heavy atom. The summed E-state index contributed by atoms with van der Waals surface area (Å²) < 4.78 is 3.49. The Bertz CT molecular complexity index is 446. The van der Waals surface area contributed by atoms with E-state index < -0.39 is 0 Å². The van der Waals surface area contributed by atoms with Crippen LogP contribution in [0, 0.1) is 0 Å². The number of aryl methyl sites for hydroxylation is 2. The summed E-state index contributed by atoms with van der Waals surface area (Å²) in [6, 6.07) is 1.75. The van der Waals surface area contributed by atoms with Crippen LogP contribution < -0.4 is 5.69 Å². The van der Waals surface area contributed by atoms with Gasteiger partial charge in [-0.2, -0.15) is 0 Å². The molecule has 0 unspecified atom stereocenters. The Kier molecular flexibility index (Phi) is 2.40. The number of imidazole rings is 1. The topological polar surface area (TPSA) is 52.7 Å². The first-order valence-corrected chi connectivity index (χ1v) is 4.33. The lowest BCUT2D eigenvalue weighted by Gasteiger charge is -2.04. The molecule has 0 saturated heterocycles. The average Bonchev–Trinajstić information content (AvgIpc) is 2.69. The molecule has 2 rings (SSSR count). The predicted octanol–water partition coefficient (Wildman–Crippen LogP) is 0.140. The first-order chi connectivity index (χ1) is 6.86. The van der Waals surface area contributed by atoms with Crippen molar-refractivity contribution in [1.82, 2.24) is 19.1 Å². The van der Waals surface area contributed by atoms with Gasteiger partial charge in [0.25, 0.3) is 0 Å². The van der Waals surface area contributed by atoms with Crippen molar-refractivity contribution in [2.45, 2.75) is 13.1 Å². The first kappa shape index (κ1) is 8.68. The minimum absolute atomic E-state index is 0.215. The summed E-state index contributed by atoms with van der Waals surface area (Å²) in [6.45, 7) is 1.34. The van der Waals surface area contributed by atoms with E-state index in [-0.39, 0.29) is 5.69 Å². The predicted molar refractivity (Wildman–Crippen MR) is 50.7 cm³/mol. The third kappa shape index (κ3) is 1.87. The summed E-state index contributed by atoms with van der Waals surface area (Å²) in [4.78, 5) is 18.8. The minimum Gasteiger partial charge on any atom is -0.336 e. The van der Waals surface area contributed by atoms with E-state index >= 15 is 0 Å². The van der Waals surface area contributed by atoms with Gasteiger partial charge in [0, 0.05) is 37.9 Å². The lowest BCUT2D eigenvalue weighted by Crippen LogP contribution is -2.23. The largest absolute Gasteiger partial charge is 0.347 e. The molecule has 2 aromatic rings. The van der Waals surface area contributed by atoms with Gasteiger partial charge in [-0.3, -0.25) is 4.57 Å². The van der Waals surface area contributed by atoms with Crippen LogP contribution in [0.15, 0.2) is 42.0 Å². The number of hydrogen-bond donors (Lipinski definition) is 0. The van der Waals surface area contributed by atoms with Gasteiger partial charge in [0.15, 0.2) is 0 Å². The molecule has 2 aromatic heterocycles. The van der Waals surface area contributed by atoms with Crippen molar-refractivity contribution in [3.8, 4) is 0 Å². The fraction of sp³-hybridized carbons (Fsp3) is 0.222. The molecule has 5 nitrogen and oxygen atoms in total. The molecule has 0 saturated carbocycles. The monoisotopic (exact) mass is 190 g/mol. The third-order valence-electron chi connectivity index (χ3n) is 1.94. The van der Waals surface area contributed by atoms with Crippen molar-refractivity contribution in [2.24, 2.45) is 0 Å². The highest BCUT2D eigenvalue weighted by atomic mass is 16.1. The zero-order valence-corrected chi connectivity index (χ0v) is 7.58. The van der Waals surface area contributed by atoms with E-state index in [9.17, 15) is 4.79 Å². The molecule has 0 fully saturated rings. The summed E-state index contributed by atoms with van der Waals surface area (Å²) in [5, 5.41) is 0. The molecule has 0 spiro atoms. The molecule has 0 radical (unpaired) electrons. The van der Waals surface area contributed by atoms with Gasteiger partial charge in [0.1, 0.15) is 0 Å². The van der Waals surface area contributed by atoms with E-state index in [4.69, 9.17) is 0 Å². The molecule has 14 heavy (non-hydrogen) atoms. The van der Waals surface area contributed by atoms with E-state index in [1.807, 2.05) is 10.8 Å². The lowest BCUT2D eigenvalue weighted by atomic mass is 10.5. The van der Waals surface area contributed by atoms with Gasteiger partial charge in [0.2, 0.25) is 0 Å². The van der Waals surface area contributed by atoms with Crippen molar-refractivity contribution < 1.29 is 0 Å². The van der Waals surface area contributed by atoms with Crippen LogP contribution in [0.4, 0.5) is 0 Å². The molecular formula is C9H10N4O. The third-order valence-corrected chi connectivity index (χ3v) is 1.94. The zero-order chi connectivity index (χ0) is 9.80. The fourth-order valence-electron chi connectivity index (χ4n) is 1.20. The van der Waals surface area contributed by atoms with Crippen molar-refractivity contribution in [3.05, 3.63) is 47.7 Å². The van der Waals surface area contributed by atoms with Gasteiger partial charge in [0.05, 0.1) is 6.33 Å². The number of rotatable bonds is 3. The Morgan fingerprint density at radius 3 is 2.86 bits per heavy atom. The number of hydrogen-bond acceptors (Lipinski definition) is 3. The van der Waals surface area contributed by atoms with Crippen LogP contribution in [0.2, 0.25) is 0 Å². The van der Waals surface area contributed by atoms with Gasteiger partial charge < -0.3 is 4.57 Å². The normalized spacial score (nSPS) is 10.3. The Labute approximate surface area is 80.7 Å². The SMILES string of the molecule is O=c1ncccn1CCn1ccnc1. The van der Waals surface area contributed by atoms with E-state index in [0.29, 0.717) is 6.54 Å². The standard InChI is InChI=1S/C9H10N4O/c14-9-11-2-1-4-13(9)7-6-12-5-3-10-8-12/h1-5,8H,6-7H2. The van der Waals surface area contributed by atoms with Crippen LogP contribution in [-0.4, -0.2) is 19.1 Å². The highest BCUT2D eigenvalue weighted by Crippen LogP contribution is 1.88. The molecule has 0 aliphatic carbocycles. The molecule has 5 heteroatoms. The average molecular weight is 190 g/mol. The molecule has 0 atom stereocenters. The summed E-state index contributed by atoms with van der Waals surface area (Å²) in [6.07, 6.45) is 8.52. The second-order valence-electron chi connectivity index (χ2n) is 2.90. The van der Waals surface area contributed by atoms with Gasteiger partial charge in [-0.15, -0.1) is 0 Å². The van der Waals surface area contributed by atoms with Crippen LogP contribution in [0.1, 0.15) is 0 Å². The molecule has 0 aliphatic heterocycles. The number of nitrogens with zero attached hydrogens (tertiary/aromatic N) is 4. The van der Waals surface area contributed by atoms with Crippen LogP contribution in [0.3, 0.4) is 0 Å². The molecule has 2 heterocycles. The molecule has 0 amide bonds. The van der Waals surface area contributed by atoms with Crippen LogP contribution >= 0.6 is 0 Å². The summed E-state index contributed by atoms with van der Waals surface area (Å²) in [5.74, 6) is 0. The molecule has 0 aromatic carbocycles. The summed E-state index contributed by atoms with van der Waals surface area (Å²) in [5.41, 5.74) is -0.215. The minimum atomic E-state index is -0.215. The second-order valence-corrected chi connectivity index (χ2v) is 2.90. The quantitative estimate of drug-likeness (QED) is 0.691. The van der Waals surface area contributed by atoms with Crippen LogP contribution in [0.5, 0.6) is 0 Å². The Hall–Kier alpha value is -1.91. The smallest absolute Gasteiger partial charge is 0.336 e. The maximum Gasteiger partial charge on any atom is 0.347 e. The van der Waals surface area contributed by atoms with Crippen molar-refractivity contribution in [3.63, 3.8) is 0 Å². The Balaban J connectivity index is 2.06. The van der Waals surface area contributed by atoms with E-state index in [1.165, 1.54) is 6.20 Å². The second kappa shape index (κ2) is 3.87. The lowest BCUT2D eigenvalue weighted by molar-refractivity contribution is 0.555. The van der Waals surface area contributed by atoms with Gasteiger partial charge in [-0.25, -0.2) is 14.8 Å². The van der Waals surface area contributed by atoms with Gasteiger partial charge in [-0.1, -0.05) is 0 Å². The van der Waals surface area contributed by atoms with E-state index in [0.717, 1.165) is 6.54 Å². The van der Waals surface area contributed by atoms with Crippen molar-refractivity contribution in [2.75, 3.05) is 0 Å². The van der Waals surface area contributed by atoms with E-state index in [2.05, 4.69) is 9.97 Å². The Morgan fingerprint density at radius 1 is 1.21 bits per heavy atom. The molecule has 0 N–H and O–H groups in total. The van der Waals surface area contributed by atoms with E-state index in [1.54, 1.807) is 29.4 Å². The molecule has 72 valence electrons. The molecular weight excluding hydrogens is 180 g/mol. The van der Waals surface area contributed by atoms with Crippen LogP contribution in [0.25, 0.3) is 0 Å². The first-order valence-electron chi connectivity index (χ1n) is 4.33. The van der Waals surface area contributed by atoms with Crippen molar-refractivity contribution >= 4 is 0 Å². The summed E-state index contributed by atoms with van der Waals surface area (Å²) in [7, 11) is 0. The maximum absolute atomic E-state index is 11.2. The van der Waals surface area contributed by atoms with Gasteiger partial charge in [-0.05, 0) is 6.07 Å². The molecule has 0 aliphatic rings. The molecule has 0 bridgehead atoms. The van der Waals surface area contributed by atoms with Gasteiger partial charge >= 0.3 is 5.69 Å². The highest BCUT2D eigenvalue weighted by Gasteiger charge is 1.94. The van der Waals surface area contributed by atoms with Crippen LogP contribution in [-0.2, 0) is 13.1 Å². The number of aromatic nitrogens is 4. The summed E-state index contributed by atoms with van der Waals surface area (Å²) >= 11 is 0. The van der Waals surface area contributed by atoms with Crippen molar-refractivity contribution in [1.29, 1.82) is 0 Å². The fourth-order valence-corrected chi connectivity index (χ4v) is 1.20. The zero-order valence-electron chi connectivity index (χ0n) is 7.58. The maximum atomic E-state index is 11.2.